The lowest BCUT2D eigenvalue weighted by Gasteiger charge is -2.13. The molecule has 28 heavy (non-hydrogen) atoms. The monoisotopic (exact) mass is 388 g/mol. The van der Waals surface area contributed by atoms with Crippen LogP contribution >= 0.6 is 0 Å². The summed E-state index contributed by atoms with van der Waals surface area (Å²) in [6, 6.07) is 9.03. The van der Waals surface area contributed by atoms with Crippen LogP contribution in [0.3, 0.4) is 0 Å². The Bertz CT molecular complexity index is 825. The van der Waals surface area contributed by atoms with Gasteiger partial charge >= 0.3 is 0 Å². The SMILES string of the molecule is CCCCCCC(=O)Nc1ccc(NCc2ccc([N+](=O)[O-])cc2)c(F)c1N. The summed E-state index contributed by atoms with van der Waals surface area (Å²) in [6.45, 7) is 2.37. The quantitative estimate of drug-likeness (QED) is 0.233. The normalized spacial score (nSPS) is 10.5. The molecule has 1 amide bonds. The molecule has 2 aromatic carbocycles. The molecule has 0 saturated carbocycles. The summed E-state index contributed by atoms with van der Waals surface area (Å²) >= 11 is 0. The molecule has 0 aliphatic carbocycles. The number of hydrogen-bond donors (Lipinski definition) is 3. The van der Waals surface area contributed by atoms with Crippen molar-refractivity contribution in [1.82, 2.24) is 0 Å². The Balaban J connectivity index is 1.95. The molecule has 8 heteroatoms. The number of nitrogens with one attached hydrogen (secondary N) is 2. The number of rotatable bonds is 10. The highest BCUT2D eigenvalue weighted by Gasteiger charge is 2.13. The number of carbonyl (C=O) groups is 1. The highest BCUT2D eigenvalue weighted by atomic mass is 19.1. The molecule has 0 aliphatic heterocycles. The average Bonchev–Trinajstić information content (AvgIpc) is 2.68. The molecular weight excluding hydrogens is 363 g/mol. The van der Waals surface area contributed by atoms with E-state index >= 15 is 0 Å². The highest BCUT2D eigenvalue weighted by Crippen LogP contribution is 2.28. The predicted octanol–water partition coefficient (Wildman–Crippen LogP) is 4.84. The summed E-state index contributed by atoms with van der Waals surface area (Å²) in [5.74, 6) is -0.834. The van der Waals surface area contributed by atoms with E-state index in [-0.39, 0.29) is 35.2 Å². The first-order valence-corrected chi connectivity index (χ1v) is 9.27. The van der Waals surface area contributed by atoms with Crippen LogP contribution in [0, 0.1) is 15.9 Å². The molecule has 0 aliphatic rings. The van der Waals surface area contributed by atoms with E-state index in [2.05, 4.69) is 17.6 Å². The molecule has 2 aromatic rings. The van der Waals surface area contributed by atoms with E-state index in [0.29, 0.717) is 6.42 Å². The van der Waals surface area contributed by atoms with Crippen molar-refractivity contribution in [1.29, 1.82) is 0 Å². The van der Waals surface area contributed by atoms with Crippen LogP contribution < -0.4 is 16.4 Å². The topological polar surface area (TPSA) is 110 Å². The van der Waals surface area contributed by atoms with Gasteiger partial charge in [-0.3, -0.25) is 14.9 Å². The van der Waals surface area contributed by atoms with Gasteiger partial charge in [0, 0.05) is 25.1 Å². The summed E-state index contributed by atoms with van der Waals surface area (Å²) in [7, 11) is 0. The minimum absolute atomic E-state index is 0.00559. The van der Waals surface area contributed by atoms with Gasteiger partial charge in [-0.1, -0.05) is 38.3 Å². The van der Waals surface area contributed by atoms with Gasteiger partial charge < -0.3 is 16.4 Å². The summed E-state index contributed by atoms with van der Waals surface area (Å²) in [5.41, 5.74) is 6.89. The van der Waals surface area contributed by atoms with Gasteiger partial charge in [-0.2, -0.15) is 0 Å². The third kappa shape index (κ3) is 5.94. The van der Waals surface area contributed by atoms with Crippen molar-refractivity contribution in [3.63, 3.8) is 0 Å². The van der Waals surface area contributed by atoms with Crippen molar-refractivity contribution in [2.24, 2.45) is 0 Å². The van der Waals surface area contributed by atoms with Crippen molar-refractivity contribution < 1.29 is 14.1 Å². The zero-order valence-corrected chi connectivity index (χ0v) is 15.8. The number of unbranched alkanes of at least 4 members (excludes halogenated alkanes) is 3. The lowest BCUT2D eigenvalue weighted by atomic mass is 10.1. The Kier molecular flexibility index (Phi) is 7.74. The molecule has 2 rings (SSSR count). The van der Waals surface area contributed by atoms with Gasteiger partial charge in [0.05, 0.1) is 22.0 Å². The number of carbonyl (C=O) groups excluding carboxylic acids is 1. The number of nitrogens with zero attached hydrogens (tertiary/aromatic N) is 1. The molecule has 0 saturated heterocycles. The summed E-state index contributed by atoms with van der Waals surface area (Å²) in [6.07, 6.45) is 4.32. The zero-order valence-electron chi connectivity index (χ0n) is 15.8. The molecule has 4 N–H and O–H groups in total. The van der Waals surface area contributed by atoms with Gasteiger partial charge in [-0.05, 0) is 24.1 Å². The predicted molar refractivity (Wildman–Crippen MR) is 109 cm³/mol. The van der Waals surface area contributed by atoms with Crippen LogP contribution in [-0.2, 0) is 11.3 Å². The van der Waals surface area contributed by atoms with Crippen LogP contribution in [0.1, 0.15) is 44.6 Å². The lowest BCUT2D eigenvalue weighted by Crippen LogP contribution is -2.14. The first-order valence-electron chi connectivity index (χ1n) is 9.27. The molecule has 150 valence electrons. The molecule has 0 bridgehead atoms. The number of non-ortho nitro benzene ring substituents is 1. The summed E-state index contributed by atoms with van der Waals surface area (Å²) in [4.78, 5) is 22.1. The van der Waals surface area contributed by atoms with Gasteiger partial charge in [-0.15, -0.1) is 0 Å². The van der Waals surface area contributed by atoms with Crippen LogP contribution in [0.4, 0.5) is 27.1 Å². The molecule has 0 spiro atoms. The smallest absolute Gasteiger partial charge is 0.269 e. The van der Waals surface area contributed by atoms with Crippen LogP contribution in [0.5, 0.6) is 0 Å². The number of amides is 1. The van der Waals surface area contributed by atoms with Gasteiger partial charge in [0.2, 0.25) is 5.91 Å². The van der Waals surface area contributed by atoms with E-state index < -0.39 is 10.7 Å². The first kappa shape index (κ1) is 21.1. The maximum absolute atomic E-state index is 14.5. The number of nitrogen functional groups attached to an aromatic ring is 1. The van der Waals surface area contributed by atoms with Crippen LogP contribution in [0.15, 0.2) is 36.4 Å². The molecule has 0 heterocycles. The largest absolute Gasteiger partial charge is 0.395 e. The van der Waals surface area contributed by atoms with Crippen LogP contribution in [0.2, 0.25) is 0 Å². The average molecular weight is 388 g/mol. The van der Waals surface area contributed by atoms with Crippen LogP contribution in [0.25, 0.3) is 0 Å². The van der Waals surface area contributed by atoms with E-state index in [1.807, 2.05) is 0 Å². The van der Waals surface area contributed by atoms with Gasteiger partial charge in [0.1, 0.15) is 0 Å². The van der Waals surface area contributed by atoms with E-state index in [1.54, 1.807) is 18.2 Å². The van der Waals surface area contributed by atoms with E-state index in [0.717, 1.165) is 31.2 Å². The van der Waals surface area contributed by atoms with E-state index in [4.69, 9.17) is 5.73 Å². The number of nitro groups is 1. The molecule has 0 aromatic heterocycles. The number of benzene rings is 2. The summed E-state index contributed by atoms with van der Waals surface area (Å²) < 4.78 is 14.5. The summed E-state index contributed by atoms with van der Waals surface area (Å²) in [5, 5.41) is 16.2. The Morgan fingerprint density at radius 3 is 2.43 bits per heavy atom. The van der Waals surface area contributed by atoms with Crippen molar-refractivity contribution in [2.75, 3.05) is 16.4 Å². The number of halogens is 1. The van der Waals surface area contributed by atoms with Gasteiger partial charge in [-0.25, -0.2) is 4.39 Å². The molecule has 0 unspecified atom stereocenters. The Hall–Kier alpha value is -3.16. The molecule has 0 fully saturated rings. The van der Waals surface area contributed by atoms with Crippen molar-refractivity contribution >= 4 is 28.7 Å². The molecule has 7 nitrogen and oxygen atoms in total. The lowest BCUT2D eigenvalue weighted by molar-refractivity contribution is -0.384. The maximum atomic E-state index is 14.5. The highest BCUT2D eigenvalue weighted by molar-refractivity contribution is 5.94. The van der Waals surface area contributed by atoms with Gasteiger partial charge in [0.15, 0.2) is 5.82 Å². The van der Waals surface area contributed by atoms with Crippen molar-refractivity contribution in [2.45, 2.75) is 45.6 Å². The van der Waals surface area contributed by atoms with Crippen LogP contribution in [-0.4, -0.2) is 10.8 Å². The third-order valence-corrected chi connectivity index (χ3v) is 4.34. The second-order valence-electron chi connectivity index (χ2n) is 6.52. The molecular formula is C20H25FN4O3. The molecule has 0 radical (unpaired) electrons. The fourth-order valence-electron chi connectivity index (χ4n) is 2.70. The standard InChI is InChI=1S/C20H25FN4O3/c1-2-3-4-5-6-18(26)24-17-12-11-16(19(21)20(17)22)23-13-14-7-9-15(10-8-14)25(27)28/h7-12,23H,2-6,13,22H2,1H3,(H,24,26). The Morgan fingerprint density at radius 2 is 1.79 bits per heavy atom. The van der Waals surface area contributed by atoms with Crippen molar-refractivity contribution in [3.05, 3.63) is 57.9 Å². The maximum Gasteiger partial charge on any atom is 0.269 e. The number of hydrogen-bond acceptors (Lipinski definition) is 5. The second-order valence-corrected chi connectivity index (χ2v) is 6.52. The zero-order chi connectivity index (χ0) is 20.5. The Morgan fingerprint density at radius 1 is 1.11 bits per heavy atom. The fourth-order valence-corrected chi connectivity index (χ4v) is 2.70. The van der Waals surface area contributed by atoms with E-state index in [9.17, 15) is 19.3 Å². The van der Waals surface area contributed by atoms with Crippen molar-refractivity contribution in [3.8, 4) is 0 Å². The number of anilines is 3. The first-order chi connectivity index (χ1) is 13.4. The fraction of sp³-hybridized carbons (Fsp3) is 0.350. The second kappa shape index (κ2) is 10.2. The minimum atomic E-state index is -0.648. The number of nitro benzene ring substituents is 1. The third-order valence-electron chi connectivity index (χ3n) is 4.34. The molecule has 0 atom stereocenters. The van der Waals surface area contributed by atoms with Gasteiger partial charge in [0.25, 0.3) is 5.69 Å². The van der Waals surface area contributed by atoms with E-state index in [1.165, 1.54) is 18.2 Å². The minimum Gasteiger partial charge on any atom is -0.395 e. The number of nitrogens with two attached hydrogens (primary N) is 1. The Labute approximate surface area is 163 Å².